The van der Waals surface area contributed by atoms with Gasteiger partial charge in [-0.05, 0) is 43.4 Å². The van der Waals surface area contributed by atoms with Crippen LogP contribution in [0.25, 0.3) is 11.0 Å². The quantitative estimate of drug-likeness (QED) is 0.733. The molecule has 2 heterocycles. The van der Waals surface area contributed by atoms with Gasteiger partial charge in [0.25, 0.3) is 5.91 Å². The molecule has 0 spiro atoms. The van der Waals surface area contributed by atoms with E-state index in [0.29, 0.717) is 18.7 Å². The fourth-order valence-corrected chi connectivity index (χ4v) is 3.91. The lowest BCUT2D eigenvalue weighted by Crippen LogP contribution is -2.54. The van der Waals surface area contributed by atoms with Crippen LogP contribution in [0.5, 0.6) is 0 Å². The number of hydrogen-bond acceptors (Lipinski definition) is 5. The second-order valence-electron chi connectivity index (χ2n) is 7.57. The topological polar surface area (TPSA) is 75.0 Å². The fraction of sp³-hybridized carbons (Fsp3) is 0.500. The zero-order chi connectivity index (χ0) is 22.3. The summed E-state index contributed by atoms with van der Waals surface area (Å²) >= 11 is 6.33. The molecular formula is C20H21ClF3N3O4. The van der Waals surface area contributed by atoms with Crippen LogP contribution in [-0.4, -0.2) is 54.7 Å². The fourth-order valence-electron chi connectivity index (χ4n) is 3.65. The molecule has 4 rings (SSSR count). The Balaban J connectivity index is 1.56. The first-order valence-electron chi connectivity index (χ1n) is 9.99. The maximum absolute atomic E-state index is 13.6. The highest BCUT2D eigenvalue weighted by molar-refractivity contribution is 6.38. The number of piperazine rings is 1. The van der Waals surface area contributed by atoms with Crippen molar-refractivity contribution in [1.82, 2.24) is 15.3 Å². The molecular weight excluding hydrogens is 439 g/mol. The second-order valence-corrected chi connectivity index (χ2v) is 7.95. The molecule has 31 heavy (non-hydrogen) atoms. The molecule has 1 N–H and O–H groups in total. The SMILES string of the molecule is CCOC(=O)NN1CCN(C(=O)c2oc3c(C(F)(F)F)cc(C4CC4)cc3c2Cl)CC1. The maximum atomic E-state index is 13.6. The Morgan fingerprint density at radius 1 is 1.23 bits per heavy atom. The van der Waals surface area contributed by atoms with E-state index in [1.165, 1.54) is 4.90 Å². The Labute approximate surface area is 181 Å². The number of benzene rings is 1. The van der Waals surface area contributed by atoms with Crippen LogP contribution in [0, 0.1) is 0 Å². The molecule has 11 heteroatoms. The van der Waals surface area contributed by atoms with Gasteiger partial charge in [-0.2, -0.15) is 13.2 Å². The first kappa shape index (κ1) is 21.8. The van der Waals surface area contributed by atoms with E-state index >= 15 is 0 Å². The number of hydrogen-bond donors (Lipinski definition) is 1. The second kappa shape index (κ2) is 8.23. The normalized spacial score (nSPS) is 17.8. The number of nitrogens with zero attached hydrogens (tertiary/aromatic N) is 2. The molecule has 168 valence electrons. The summed E-state index contributed by atoms with van der Waals surface area (Å²) in [5, 5.41) is 1.59. The molecule has 1 aromatic heterocycles. The van der Waals surface area contributed by atoms with Gasteiger partial charge >= 0.3 is 12.3 Å². The third kappa shape index (κ3) is 4.45. The summed E-state index contributed by atoms with van der Waals surface area (Å²) in [5.74, 6) is -0.810. The lowest BCUT2D eigenvalue weighted by molar-refractivity contribution is -0.136. The summed E-state index contributed by atoms with van der Waals surface area (Å²) in [6.07, 6.45) is -3.56. The Kier molecular flexibility index (Phi) is 5.78. The first-order chi connectivity index (χ1) is 14.7. The number of furan rings is 1. The van der Waals surface area contributed by atoms with Crippen molar-refractivity contribution >= 4 is 34.6 Å². The van der Waals surface area contributed by atoms with Gasteiger partial charge in [0, 0.05) is 31.6 Å². The monoisotopic (exact) mass is 459 g/mol. The molecule has 0 atom stereocenters. The number of nitrogens with one attached hydrogen (secondary N) is 1. The molecule has 0 unspecified atom stereocenters. The predicted octanol–water partition coefficient (Wildman–Crippen LogP) is 4.40. The molecule has 1 saturated carbocycles. The highest BCUT2D eigenvalue weighted by Crippen LogP contribution is 2.46. The van der Waals surface area contributed by atoms with Crippen molar-refractivity contribution in [3.8, 4) is 0 Å². The van der Waals surface area contributed by atoms with E-state index in [1.54, 1.807) is 18.0 Å². The molecule has 1 aromatic carbocycles. The average molecular weight is 460 g/mol. The van der Waals surface area contributed by atoms with Crippen molar-refractivity contribution in [2.45, 2.75) is 31.9 Å². The van der Waals surface area contributed by atoms with Gasteiger partial charge in [-0.15, -0.1) is 0 Å². The van der Waals surface area contributed by atoms with Gasteiger partial charge in [-0.3, -0.25) is 10.2 Å². The van der Waals surface area contributed by atoms with Gasteiger partial charge in [-0.1, -0.05) is 11.6 Å². The third-order valence-electron chi connectivity index (χ3n) is 5.39. The van der Waals surface area contributed by atoms with Crippen LogP contribution >= 0.6 is 11.6 Å². The lowest BCUT2D eigenvalue weighted by Gasteiger charge is -2.33. The number of amides is 2. The van der Waals surface area contributed by atoms with Crippen LogP contribution in [0.4, 0.5) is 18.0 Å². The molecule has 1 aliphatic carbocycles. The van der Waals surface area contributed by atoms with E-state index in [2.05, 4.69) is 5.43 Å². The smallest absolute Gasteiger partial charge is 0.421 e. The Morgan fingerprint density at radius 3 is 2.48 bits per heavy atom. The number of halogens is 4. The molecule has 0 bridgehead atoms. The first-order valence-corrected chi connectivity index (χ1v) is 10.4. The third-order valence-corrected chi connectivity index (χ3v) is 5.77. The number of hydrazine groups is 1. The lowest BCUT2D eigenvalue weighted by atomic mass is 10.0. The van der Waals surface area contributed by atoms with Crippen molar-refractivity contribution in [2.24, 2.45) is 0 Å². The molecule has 2 aliphatic rings. The standard InChI is InChI=1S/C20H21ClF3N3O4/c1-2-30-19(29)25-27-7-5-26(6-8-27)18(28)17-15(21)13-9-12(11-3-4-11)10-14(16(13)31-17)20(22,23)24/h9-11H,2-8H2,1H3,(H,25,29). The van der Waals surface area contributed by atoms with Gasteiger partial charge in [-0.25, -0.2) is 9.80 Å². The molecule has 0 radical (unpaired) electrons. The van der Waals surface area contributed by atoms with Gasteiger partial charge in [0.05, 0.1) is 17.2 Å². The Bertz CT molecular complexity index is 1010. The van der Waals surface area contributed by atoms with Crippen molar-refractivity contribution in [3.05, 3.63) is 34.0 Å². The zero-order valence-corrected chi connectivity index (χ0v) is 17.5. The summed E-state index contributed by atoms with van der Waals surface area (Å²) in [6.45, 7) is 3.03. The minimum absolute atomic E-state index is 0.0793. The predicted molar refractivity (Wildman–Crippen MR) is 106 cm³/mol. The maximum Gasteiger partial charge on any atom is 0.421 e. The van der Waals surface area contributed by atoms with Crippen molar-refractivity contribution in [2.75, 3.05) is 32.8 Å². The summed E-state index contributed by atoms with van der Waals surface area (Å²) in [5.41, 5.74) is 1.77. The molecule has 1 aliphatic heterocycles. The van der Waals surface area contributed by atoms with Gasteiger partial charge in [0.1, 0.15) is 5.58 Å². The van der Waals surface area contributed by atoms with Crippen molar-refractivity contribution < 1.29 is 31.9 Å². The van der Waals surface area contributed by atoms with Gasteiger partial charge in [0.15, 0.2) is 0 Å². The van der Waals surface area contributed by atoms with E-state index in [0.717, 1.165) is 18.9 Å². The van der Waals surface area contributed by atoms with E-state index in [4.69, 9.17) is 20.8 Å². The number of alkyl halides is 3. The minimum Gasteiger partial charge on any atom is -0.449 e. The molecule has 2 fully saturated rings. The Morgan fingerprint density at radius 2 is 1.90 bits per heavy atom. The van der Waals surface area contributed by atoms with E-state index in [9.17, 15) is 22.8 Å². The van der Waals surface area contributed by atoms with Crippen LogP contribution < -0.4 is 5.43 Å². The highest BCUT2D eigenvalue weighted by Gasteiger charge is 2.39. The van der Waals surface area contributed by atoms with E-state index < -0.39 is 29.3 Å². The highest BCUT2D eigenvalue weighted by atomic mass is 35.5. The minimum atomic E-state index is -4.63. The summed E-state index contributed by atoms with van der Waals surface area (Å²) in [6, 6.07) is 2.68. The number of ether oxygens (including phenoxy) is 1. The number of carbonyl (C=O) groups excluding carboxylic acids is 2. The number of carbonyl (C=O) groups is 2. The molecule has 7 nitrogen and oxygen atoms in total. The Hall–Kier alpha value is -2.46. The van der Waals surface area contributed by atoms with Gasteiger partial charge in [0.2, 0.25) is 5.76 Å². The number of rotatable bonds is 4. The van der Waals surface area contributed by atoms with Crippen molar-refractivity contribution in [1.29, 1.82) is 0 Å². The molecule has 2 amide bonds. The van der Waals surface area contributed by atoms with E-state index in [1.807, 2.05) is 0 Å². The summed E-state index contributed by atoms with van der Waals surface area (Å²) < 4.78 is 51.1. The molecule has 2 aromatic rings. The summed E-state index contributed by atoms with van der Waals surface area (Å²) in [7, 11) is 0. The van der Waals surface area contributed by atoms with E-state index in [-0.39, 0.29) is 41.8 Å². The average Bonchev–Trinajstić information content (AvgIpc) is 3.51. The van der Waals surface area contributed by atoms with Gasteiger partial charge < -0.3 is 14.1 Å². The zero-order valence-electron chi connectivity index (χ0n) is 16.7. The van der Waals surface area contributed by atoms with Crippen LogP contribution in [0.3, 0.4) is 0 Å². The van der Waals surface area contributed by atoms with Crippen LogP contribution in [0.15, 0.2) is 16.5 Å². The largest absolute Gasteiger partial charge is 0.449 e. The number of fused-ring (bicyclic) bond motifs is 1. The van der Waals surface area contributed by atoms with Crippen LogP contribution in [0.2, 0.25) is 5.02 Å². The molecule has 1 saturated heterocycles. The van der Waals surface area contributed by atoms with Crippen LogP contribution in [0.1, 0.15) is 47.4 Å². The summed E-state index contributed by atoms with van der Waals surface area (Å²) in [4.78, 5) is 25.9. The van der Waals surface area contributed by atoms with Crippen molar-refractivity contribution in [3.63, 3.8) is 0 Å². The van der Waals surface area contributed by atoms with Crippen LogP contribution in [-0.2, 0) is 10.9 Å².